The van der Waals surface area contributed by atoms with Crippen molar-refractivity contribution in [1.82, 2.24) is 59.9 Å². The maximum Gasteiger partial charge on any atom is 0.410 e. The molecule has 0 aliphatic carbocycles. The third-order valence-electron chi connectivity index (χ3n) is 24.1. The van der Waals surface area contributed by atoms with Gasteiger partial charge in [0.2, 0.25) is 0 Å². The van der Waals surface area contributed by atoms with Crippen LogP contribution in [0.1, 0.15) is 88.6 Å². The zero-order chi connectivity index (χ0) is 92.9. The number of carbonyl (C=O) groups is 3. The van der Waals surface area contributed by atoms with E-state index < -0.39 is 5.82 Å². The Morgan fingerprint density at radius 1 is 0.422 bits per heavy atom. The van der Waals surface area contributed by atoms with E-state index in [0.717, 1.165) is 139 Å². The van der Waals surface area contributed by atoms with E-state index in [1.807, 2.05) is 146 Å². The number of carbonyl (C=O) groups excluding carboxylic acids is 3. The van der Waals surface area contributed by atoms with Gasteiger partial charge in [-0.2, -0.15) is 0 Å². The van der Waals surface area contributed by atoms with Gasteiger partial charge in [-0.3, -0.25) is 9.80 Å². The summed E-state index contributed by atoms with van der Waals surface area (Å²) in [6.45, 7) is 11.8. The number of fused-ring (bicyclic) bond motifs is 8. The van der Waals surface area contributed by atoms with Gasteiger partial charge >= 0.3 is 18.3 Å². The number of benzene rings is 7. The summed E-state index contributed by atoms with van der Waals surface area (Å²) in [5.74, 6) is -0.745. The van der Waals surface area contributed by atoms with Crippen molar-refractivity contribution >= 4 is 253 Å². The number of aromatic nitrogens is 8. The molecule has 0 radical (unpaired) electrons. The number of hydrogen-bond donors (Lipinski definition) is 5. The summed E-state index contributed by atoms with van der Waals surface area (Å²) in [7, 11) is 0. The predicted molar refractivity (Wildman–Crippen MR) is 543 cm³/mol. The quantitative estimate of drug-likeness (QED) is 0.0342. The highest BCUT2D eigenvalue weighted by atomic mass is 35.5. The van der Waals surface area contributed by atoms with Gasteiger partial charge in [0, 0.05) is 109 Å². The molecule has 6 atom stereocenters. The minimum Gasteiger partial charge on any atom is -0.445 e. The van der Waals surface area contributed by atoms with E-state index in [1.165, 1.54) is 50.2 Å². The molecule has 3 amide bonds. The molecule has 682 valence electrons. The SMILES string of the molecule is CC1C(c2cc3c(Cl)ccnc3s2)=CCN1C(=O)OCc1ccccc1.CC1C(c2cc3c(Nc4ccc5scnc5c4F)ccnc3s2)=CCN1C(=O)OCc1ccccc1.CC1C(c2cc3c(Nc4ccc5scnc5c4F)ccnc3s2)CCN1C(=O)OCc1ccccc1.CC1NCCC1c1cc2c(Nc3ccc4scnc4c3F)ccnc2s1.Nc1ccc2scnc2c1F. The van der Waals surface area contributed by atoms with Gasteiger partial charge < -0.3 is 46.1 Å². The Kier molecular flexibility index (Phi) is 27.5. The molecule has 0 saturated carbocycles. The van der Waals surface area contributed by atoms with Crippen molar-refractivity contribution in [3.8, 4) is 0 Å². The van der Waals surface area contributed by atoms with Crippen LogP contribution in [0, 0.1) is 23.3 Å². The zero-order valence-corrected chi connectivity index (χ0v) is 79.9. The van der Waals surface area contributed by atoms with Gasteiger partial charge in [-0.15, -0.1) is 90.7 Å². The van der Waals surface area contributed by atoms with Crippen molar-refractivity contribution in [3.63, 3.8) is 0 Å². The second-order valence-corrected chi connectivity index (χ2v) is 40.4. The highest BCUT2D eigenvalue weighted by molar-refractivity contribution is 7.21. The molecule has 35 heteroatoms. The molecule has 2 fully saturated rings. The predicted octanol–water partition coefficient (Wildman–Crippen LogP) is 27.2. The number of nitrogens with zero attached hydrogens (tertiary/aromatic N) is 11. The molecular weight excluding hydrogens is 1890 g/mol. The van der Waals surface area contributed by atoms with Crippen molar-refractivity contribution in [2.45, 2.75) is 96.4 Å². The molecule has 19 aromatic rings. The first-order chi connectivity index (χ1) is 65.8. The van der Waals surface area contributed by atoms with Crippen LogP contribution in [0.4, 0.5) is 71.8 Å². The minimum atomic E-state index is -0.413. The number of nitrogen functional groups attached to an aromatic ring is 1. The molecule has 0 spiro atoms. The van der Waals surface area contributed by atoms with Gasteiger partial charge in [-0.25, -0.2) is 71.8 Å². The van der Waals surface area contributed by atoms with Crippen LogP contribution >= 0.6 is 102 Å². The van der Waals surface area contributed by atoms with Crippen LogP contribution in [0.15, 0.2) is 247 Å². The van der Waals surface area contributed by atoms with E-state index in [1.54, 1.807) is 138 Å². The standard InChI is InChI=1S/C27H23FN4O2S2.C27H21FN4O2S2.C20H17ClN2O2S.C19H17FN4S2.C7H5FN2S/c2*1-16-18(10-12-32(16)27(33)34-14-17-5-3-2-4-6-17)23-13-19-20(9-11-29-26(19)36-23)31-21-7-8-22-25(24(21)28)30-15-35-22;1-13-15(18-11-16-17(21)7-9-22-19(16)26-18)8-10-23(13)20(24)25-12-14-5-3-2-4-6-14;1-10-11(4-6-21-10)16-8-12-13(5-7-22-19(12)26-16)24-14-2-3-15-18(17(14)20)23-9-25-15;8-6-4(9)1-2-5-7(6)10-3-11-5/h2-9,11,13,15-16,18H,10,12,14H2,1H3,(H,29,31);2-11,13,15-16H,12,14H2,1H3,(H,29,31);2-9,11,13H,10,12H2,1H3;2-3,5,7-11,21H,4,6H2,1H3,(H,22,24);1-3H,9H2. The summed E-state index contributed by atoms with van der Waals surface area (Å²) in [6.07, 6.45) is 12.1. The number of hydrogen-bond acceptors (Lipinski definition) is 27. The Hall–Kier alpha value is -13.0. The van der Waals surface area contributed by atoms with Crippen molar-refractivity contribution < 1.29 is 46.2 Å². The second kappa shape index (κ2) is 40.7. The fourth-order valence-electron chi connectivity index (χ4n) is 16.8. The monoisotopic (exact) mass is 1970 g/mol. The van der Waals surface area contributed by atoms with E-state index in [2.05, 4.69) is 111 Å². The van der Waals surface area contributed by atoms with Crippen LogP contribution in [0.5, 0.6) is 0 Å². The van der Waals surface area contributed by atoms with Crippen LogP contribution in [-0.2, 0) is 34.0 Å². The lowest BCUT2D eigenvalue weighted by atomic mass is 9.99. The van der Waals surface area contributed by atoms with E-state index in [-0.39, 0.29) is 85.3 Å². The largest absolute Gasteiger partial charge is 0.445 e. The molecule has 22 nitrogen and oxygen atoms in total. The molecule has 6 N–H and O–H groups in total. The highest BCUT2D eigenvalue weighted by Crippen LogP contribution is 2.46. The van der Waals surface area contributed by atoms with E-state index in [4.69, 9.17) is 31.5 Å². The molecular formula is C100H83ClF4N16O6S8. The Labute approximate surface area is 808 Å². The van der Waals surface area contributed by atoms with Crippen molar-refractivity contribution in [2.24, 2.45) is 0 Å². The van der Waals surface area contributed by atoms with E-state index in [0.29, 0.717) is 75.7 Å². The fraction of sp³-hybridized carbons (Fsp3) is 0.190. The van der Waals surface area contributed by atoms with Crippen LogP contribution in [0.3, 0.4) is 0 Å². The number of amides is 3. The Morgan fingerprint density at radius 3 is 1.21 bits per heavy atom. The first kappa shape index (κ1) is 91.1. The molecule has 2 saturated heterocycles. The van der Waals surface area contributed by atoms with E-state index in [9.17, 15) is 31.9 Å². The van der Waals surface area contributed by atoms with Crippen molar-refractivity contribution in [2.75, 3.05) is 47.9 Å². The van der Waals surface area contributed by atoms with Gasteiger partial charge in [0.15, 0.2) is 23.3 Å². The zero-order valence-electron chi connectivity index (χ0n) is 72.6. The van der Waals surface area contributed by atoms with Crippen LogP contribution in [0.25, 0.3) is 92.9 Å². The summed E-state index contributed by atoms with van der Waals surface area (Å²) in [5.41, 5.74) is 22.3. The molecule has 4 aliphatic heterocycles. The maximum atomic E-state index is 15.0. The number of rotatable bonds is 16. The summed E-state index contributed by atoms with van der Waals surface area (Å²) in [4.78, 5) is 85.7. The lowest BCUT2D eigenvalue weighted by Gasteiger charge is -2.23. The smallest absolute Gasteiger partial charge is 0.410 e. The lowest BCUT2D eigenvalue weighted by Crippen LogP contribution is -2.35. The van der Waals surface area contributed by atoms with Gasteiger partial charge in [0.05, 0.1) is 97.8 Å². The minimum absolute atomic E-state index is 0.00209. The van der Waals surface area contributed by atoms with Crippen molar-refractivity contribution in [3.05, 3.63) is 312 Å². The Morgan fingerprint density at radius 2 is 0.793 bits per heavy atom. The number of anilines is 7. The Bertz CT molecular complexity index is 7590. The van der Waals surface area contributed by atoms with Crippen LogP contribution < -0.4 is 27.0 Å². The first-order valence-corrected chi connectivity index (χ1v) is 50.3. The van der Waals surface area contributed by atoms with Gasteiger partial charge in [0.1, 0.15) is 61.2 Å². The molecule has 16 heterocycles. The lowest BCUT2D eigenvalue weighted by molar-refractivity contribution is 0.0932. The second-order valence-electron chi connectivity index (χ2n) is 32.2. The number of nitrogens with two attached hydrogens (primary N) is 1. The Balaban J connectivity index is 0.000000112. The number of nitrogens with one attached hydrogen (secondary N) is 4. The summed E-state index contributed by atoms with van der Waals surface area (Å²) in [5, 5.41) is 17.8. The van der Waals surface area contributed by atoms with Gasteiger partial charge in [0.25, 0.3) is 0 Å². The normalized spacial score (nSPS) is 16.8. The van der Waals surface area contributed by atoms with Crippen molar-refractivity contribution in [1.29, 1.82) is 0 Å². The van der Waals surface area contributed by atoms with Gasteiger partial charge in [-0.1, -0.05) is 115 Å². The van der Waals surface area contributed by atoms with E-state index >= 15 is 0 Å². The molecule has 6 unspecified atom stereocenters. The summed E-state index contributed by atoms with van der Waals surface area (Å²) in [6, 6.07) is 59.4. The van der Waals surface area contributed by atoms with Crippen LogP contribution in [0.2, 0.25) is 5.02 Å². The molecule has 135 heavy (non-hydrogen) atoms. The molecule has 4 aliphatic rings. The third kappa shape index (κ3) is 19.7. The topological polar surface area (TPSA) is 266 Å². The number of pyridine rings is 4. The number of likely N-dealkylation sites (tertiary alicyclic amines) is 1. The number of thiophene rings is 4. The summed E-state index contributed by atoms with van der Waals surface area (Å²) < 4.78 is 77.7. The number of halogens is 5. The van der Waals surface area contributed by atoms with Gasteiger partial charge in [-0.05, 0) is 172 Å². The third-order valence-corrected chi connectivity index (χ3v) is 32.1. The molecule has 12 aromatic heterocycles. The maximum absolute atomic E-state index is 15.0. The number of thiazole rings is 4. The average molecular weight is 1970 g/mol. The number of ether oxygens (including phenoxy) is 3. The fourth-order valence-corrected chi connectivity index (χ4v) is 24.5. The highest BCUT2D eigenvalue weighted by Gasteiger charge is 2.38. The molecule has 7 aromatic carbocycles. The molecule has 23 rings (SSSR count). The average Bonchev–Trinajstić information content (AvgIpc) is 1.61. The van der Waals surface area contributed by atoms with Crippen LogP contribution in [-0.4, -0.2) is 123 Å². The first-order valence-electron chi connectivity index (χ1n) is 43.2. The summed E-state index contributed by atoms with van der Waals surface area (Å²) >= 11 is 18.4. The molecule has 0 bridgehead atoms.